The third-order valence-corrected chi connectivity index (χ3v) is 2.95. The first-order valence-electron chi connectivity index (χ1n) is 6.26. The number of carboxylic acid groups (broad SMARTS) is 1. The van der Waals surface area contributed by atoms with Gasteiger partial charge in [0.15, 0.2) is 0 Å². The van der Waals surface area contributed by atoms with Crippen molar-refractivity contribution in [3.8, 4) is 0 Å². The largest absolute Gasteiger partial charge is 0.478 e. The van der Waals surface area contributed by atoms with Crippen LogP contribution in [0.3, 0.4) is 0 Å². The first-order chi connectivity index (χ1) is 8.54. The summed E-state index contributed by atoms with van der Waals surface area (Å²) in [6, 6.07) is 5.33. The number of aryl methyl sites for hydroxylation is 1. The monoisotopic (exact) mass is 246 g/mol. The van der Waals surface area contributed by atoms with Crippen molar-refractivity contribution in [1.82, 2.24) is 9.55 Å². The number of benzene rings is 1. The number of nitrogens with zero attached hydrogens (tertiary/aromatic N) is 2. The van der Waals surface area contributed by atoms with Crippen molar-refractivity contribution < 1.29 is 9.90 Å². The van der Waals surface area contributed by atoms with E-state index in [0.29, 0.717) is 11.4 Å². The zero-order valence-corrected chi connectivity index (χ0v) is 11.0. The summed E-state index contributed by atoms with van der Waals surface area (Å²) in [5.74, 6) is 0.533. The molecule has 0 radical (unpaired) electrons. The molecule has 0 unspecified atom stereocenters. The van der Waals surface area contributed by atoms with Gasteiger partial charge in [0.1, 0.15) is 11.3 Å². The number of imidazole rings is 1. The fraction of sp³-hybridized carbons (Fsp3) is 0.429. The molecule has 2 rings (SSSR count). The Morgan fingerprint density at radius 1 is 1.44 bits per heavy atom. The van der Waals surface area contributed by atoms with Crippen molar-refractivity contribution in [2.75, 3.05) is 0 Å². The molecular formula is C14H18N2O2. The van der Waals surface area contributed by atoms with Crippen molar-refractivity contribution in [2.24, 2.45) is 5.92 Å². The van der Waals surface area contributed by atoms with E-state index in [1.54, 1.807) is 12.1 Å². The second-order valence-electron chi connectivity index (χ2n) is 4.86. The van der Waals surface area contributed by atoms with E-state index in [1.807, 2.05) is 13.0 Å². The number of rotatable bonds is 4. The Morgan fingerprint density at radius 3 is 2.72 bits per heavy atom. The summed E-state index contributed by atoms with van der Waals surface area (Å²) >= 11 is 0. The quantitative estimate of drug-likeness (QED) is 0.902. The van der Waals surface area contributed by atoms with Gasteiger partial charge in [-0.05, 0) is 18.1 Å². The Balaban J connectivity index is 2.69. The van der Waals surface area contributed by atoms with Gasteiger partial charge in [-0.1, -0.05) is 26.8 Å². The average Bonchev–Trinajstić information content (AvgIpc) is 2.66. The molecule has 4 heteroatoms. The number of hydrogen-bond donors (Lipinski definition) is 1. The summed E-state index contributed by atoms with van der Waals surface area (Å²) in [7, 11) is 0. The number of aromatic nitrogens is 2. The van der Waals surface area contributed by atoms with Crippen molar-refractivity contribution in [2.45, 2.75) is 33.7 Å². The Hall–Kier alpha value is -1.84. The minimum absolute atomic E-state index is 0.282. The Morgan fingerprint density at radius 2 is 2.17 bits per heavy atom. The predicted octanol–water partition coefficient (Wildman–Crippen LogP) is 2.95. The van der Waals surface area contributed by atoms with Gasteiger partial charge in [0.25, 0.3) is 0 Å². The van der Waals surface area contributed by atoms with Crippen LogP contribution >= 0.6 is 0 Å². The fourth-order valence-corrected chi connectivity index (χ4v) is 2.21. The first kappa shape index (κ1) is 12.6. The minimum atomic E-state index is -0.919. The molecule has 0 spiro atoms. The highest BCUT2D eigenvalue weighted by Crippen LogP contribution is 2.22. The Bertz CT molecular complexity index is 585. The Kier molecular flexibility index (Phi) is 3.36. The van der Waals surface area contributed by atoms with Crippen LogP contribution in [0.5, 0.6) is 0 Å². The first-order valence-corrected chi connectivity index (χ1v) is 6.26. The molecule has 0 aliphatic rings. The zero-order valence-electron chi connectivity index (χ0n) is 11.0. The van der Waals surface area contributed by atoms with E-state index in [-0.39, 0.29) is 5.56 Å². The second-order valence-corrected chi connectivity index (χ2v) is 4.86. The summed E-state index contributed by atoms with van der Waals surface area (Å²) in [4.78, 5) is 15.7. The van der Waals surface area contributed by atoms with E-state index in [9.17, 15) is 9.90 Å². The van der Waals surface area contributed by atoms with Crippen molar-refractivity contribution in [3.05, 3.63) is 29.6 Å². The number of fused-ring (bicyclic) bond motifs is 1. The molecule has 1 aromatic heterocycles. The average molecular weight is 246 g/mol. The van der Waals surface area contributed by atoms with Gasteiger partial charge in [0.2, 0.25) is 0 Å². The SMILES string of the molecule is CCc1nc2c(C(=O)O)cccc2n1CC(C)C. The van der Waals surface area contributed by atoms with E-state index in [4.69, 9.17) is 0 Å². The lowest BCUT2D eigenvalue weighted by atomic mass is 10.1. The lowest BCUT2D eigenvalue weighted by molar-refractivity contribution is 0.0699. The van der Waals surface area contributed by atoms with Gasteiger partial charge in [-0.3, -0.25) is 0 Å². The van der Waals surface area contributed by atoms with E-state index < -0.39 is 5.97 Å². The van der Waals surface area contributed by atoms with Gasteiger partial charge in [0, 0.05) is 13.0 Å². The lowest BCUT2D eigenvalue weighted by Crippen LogP contribution is -2.07. The minimum Gasteiger partial charge on any atom is -0.478 e. The second kappa shape index (κ2) is 4.80. The summed E-state index contributed by atoms with van der Waals surface area (Å²) in [5.41, 5.74) is 1.80. The van der Waals surface area contributed by atoms with E-state index in [2.05, 4.69) is 23.4 Å². The van der Waals surface area contributed by atoms with Crippen molar-refractivity contribution in [3.63, 3.8) is 0 Å². The molecule has 2 aromatic rings. The van der Waals surface area contributed by atoms with Crippen LogP contribution in [-0.4, -0.2) is 20.6 Å². The van der Waals surface area contributed by atoms with Crippen LogP contribution in [0.4, 0.5) is 0 Å². The maximum absolute atomic E-state index is 11.2. The molecule has 0 amide bonds. The van der Waals surface area contributed by atoms with Crippen LogP contribution < -0.4 is 0 Å². The molecule has 1 aromatic carbocycles. The summed E-state index contributed by atoms with van der Waals surface area (Å²) in [6.07, 6.45) is 0.806. The molecule has 1 heterocycles. The van der Waals surface area contributed by atoms with Gasteiger partial charge >= 0.3 is 5.97 Å². The smallest absolute Gasteiger partial charge is 0.337 e. The topological polar surface area (TPSA) is 55.1 Å². The fourth-order valence-electron chi connectivity index (χ4n) is 2.21. The zero-order chi connectivity index (χ0) is 13.3. The normalized spacial score (nSPS) is 11.3. The number of carboxylic acids is 1. The molecule has 0 aliphatic heterocycles. The highest BCUT2D eigenvalue weighted by Gasteiger charge is 2.16. The van der Waals surface area contributed by atoms with E-state index >= 15 is 0 Å². The van der Waals surface area contributed by atoms with Crippen LogP contribution in [0.15, 0.2) is 18.2 Å². The van der Waals surface area contributed by atoms with Gasteiger partial charge < -0.3 is 9.67 Å². The molecule has 0 aliphatic carbocycles. The molecule has 0 bridgehead atoms. The van der Waals surface area contributed by atoms with Gasteiger partial charge in [-0.15, -0.1) is 0 Å². The molecule has 1 N–H and O–H groups in total. The highest BCUT2D eigenvalue weighted by molar-refractivity contribution is 6.01. The maximum atomic E-state index is 11.2. The molecule has 0 saturated carbocycles. The van der Waals surface area contributed by atoms with Crippen LogP contribution in [0.25, 0.3) is 11.0 Å². The van der Waals surface area contributed by atoms with Crippen molar-refractivity contribution >= 4 is 17.0 Å². The Labute approximate surface area is 106 Å². The maximum Gasteiger partial charge on any atom is 0.337 e. The lowest BCUT2D eigenvalue weighted by Gasteiger charge is -2.10. The molecule has 0 fully saturated rings. The molecule has 96 valence electrons. The summed E-state index contributed by atoms with van der Waals surface area (Å²) < 4.78 is 2.13. The van der Waals surface area contributed by atoms with Crippen LogP contribution in [0.1, 0.15) is 37.0 Å². The number of carbonyl (C=O) groups is 1. The van der Waals surface area contributed by atoms with Crippen LogP contribution in [0, 0.1) is 5.92 Å². The van der Waals surface area contributed by atoms with Crippen LogP contribution in [0.2, 0.25) is 0 Å². The van der Waals surface area contributed by atoms with E-state index in [0.717, 1.165) is 24.3 Å². The molecule has 4 nitrogen and oxygen atoms in total. The molecule has 0 saturated heterocycles. The number of aromatic carboxylic acids is 1. The third-order valence-electron chi connectivity index (χ3n) is 2.95. The van der Waals surface area contributed by atoms with Gasteiger partial charge in [0.05, 0.1) is 11.1 Å². The standard InChI is InChI=1S/C14H18N2O2/c1-4-12-15-13-10(14(17)18)6-5-7-11(13)16(12)8-9(2)3/h5-7,9H,4,8H2,1-3H3,(H,17,18). The predicted molar refractivity (Wildman–Crippen MR) is 70.9 cm³/mol. The van der Waals surface area contributed by atoms with Crippen LogP contribution in [-0.2, 0) is 13.0 Å². The summed E-state index contributed by atoms with van der Waals surface area (Å²) in [5, 5.41) is 9.19. The van der Waals surface area contributed by atoms with Crippen molar-refractivity contribution in [1.29, 1.82) is 0 Å². The van der Waals surface area contributed by atoms with Gasteiger partial charge in [-0.25, -0.2) is 9.78 Å². The molecule has 18 heavy (non-hydrogen) atoms. The molecular weight excluding hydrogens is 228 g/mol. The van der Waals surface area contributed by atoms with E-state index in [1.165, 1.54) is 0 Å². The summed E-state index contributed by atoms with van der Waals surface area (Å²) in [6.45, 7) is 7.19. The number of hydrogen-bond acceptors (Lipinski definition) is 2. The highest BCUT2D eigenvalue weighted by atomic mass is 16.4. The number of para-hydroxylation sites is 1. The molecule has 0 atom stereocenters. The third kappa shape index (κ3) is 2.10. The van der Waals surface area contributed by atoms with Gasteiger partial charge in [-0.2, -0.15) is 0 Å².